The van der Waals surface area contributed by atoms with Crippen LogP contribution in [0.4, 0.5) is 5.69 Å². The van der Waals surface area contributed by atoms with E-state index in [-0.39, 0.29) is 31.6 Å². The minimum Gasteiger partial charge on any atom is -0.493 e. The van der Waals surface area contributed by atoms with Crippen LogP contribution >= 0.6 is 62.5 Å². The topological polar surface area (TPSA) is 115 Å². The van der Waals surface area contributed by atoms with E-state index in [2.05, 4.69) is 31.4 Å². The van der Waals surface area contributed by atoms with Gasteiger partial charge in [-0.05, 0) is 108 Å². The number of hydrogen-bond acceptors (Lipinski definition) is 9. The van der Waals surface area contributed by atoms with Crippen molar-refractivity contribution in [3.8, 4) is 17.2 Å². The molecule has 1 N–H and O–H groups in total. The van der Waals surface area contributed by atoms with E-state index >= 15 is 0 Å². The number of rotatable bonds is 13. The van der Waals surface area contributed by atoms with Gasteiger partial charge in [0.15, 0.2) is 23.3 Å². The third-order valence-corrected chi connectivity index (χ3v) is 9.79. The highest BCUT2D eigenvalue weighted by molar-refractivity contribution is 9.10. The second kappa shape index (κ2) is 17.9. The zero-order valence-electron chi connectivity index (χ0n) is 27.7. The molecular formula is C38H28BrCl3N4O6S. The molecule has 0 saturated carbocycles. The SMILES string of the molecule is COc1cc(/C=N\N=C2\S/C(=C\c3cc(Br)ccc3OCC(=O)Nc3ccc(Cl)cc3)C(=O)N2Cc2ccco2)ccc1OCc1ccc(Cl)cc1Cl. The summed E-state index contributed by atoms with van der Waals surface area (Å²) in [7, 11) is 1.54. The van der Waals surface area contributed by atoms with Crippen molar-refractivity contribution in [2.24, 2.45) is 10.2 Å². The number of halogens is 4. The number of methoxy groups -OCH3 is 1. The molecule has 10 nitrogen and oxygen atoms in total. The fraction of sp³-hybridized carbons (Fsp3) is 0.105. The predicted molar refractivity (Wildman–Crippen MR) is 213 cm³/mol. The molecule has 0 bridgehead atoms. The number of anilines is 1. The first-order chi connectivity index (χ1) is 25.6. The number of thioether (sulfide) groups is 1. The van der Waals surface area contributed by atoms with Gasteiger partial charge in [0.25, 0.3) is 11.8 Å². The van der Waals surface area contributed by atoms with Gasteiger partial charge in [0.05, 0.1) is 31.0 Å². The molecule has 0 aliphatic carbocycles. The predicted octanol–water partition coefficient (Wildman–Crippen LogP) is 10.1. The van der Waals surface area contributed by atoms with E-state index in [1.807, 2.05) is 0 Å². The number of nitrogens with zero attached hydrogens (tertiary/aromatic N) is 3. The molecule has 1 aliphatic rings. The third-order valence-electron chi connectivity index (χ3n) is 7.46. The Labute approximate surface area is 332 Å². The van der Waals surface area contributed by atoms with E-state index in [0.717, 1.165) is 21.8 Å². The van der Waals surface area contributed by atoms with Crippen molar-refractivity contribution in [1.29, 1.82) is 0 Å². The van der Waals surface area contributed by atoms with Crippen molar-refractivity contribution >= 4 is 97.5 Å². The Bertz CT molecular complexity index is 2210. The van der Waals surface area contributed by atoms with Crippen LogP contribution < -0.4 is 19.5 Å². The molecule has 1 aromatic heterocycles. The van der Waals surface area contributed by atoms with Crippen molar-refractivity contribution in [3.63, 3.8) is 0 Å². The molecule has 1 saturated heterocycles. The molecule has 6 rings (SSSR count). The number of nitrogens with one attached hydrogen (secondary N) is 1. The van der Waals surface area contributed by atoms with Crippen LogP contribution in [0.3, 0.4) is 0 Å². The zero-order chi connectivity index (χ0) is 37.3. The number of amides is 2. The molecule has 53 heavy (non-hydrogen) atoms. The van der Waals surface area contributed by atoms with E-state index in [1.165, 1.54) is 18.3 Å². The number of benzene rings is 4. The van der Waals surface area contributed by atoms with Crippen LogP contribution in [-0.2, 0) is 22.7 Å². The summed E-state index contributed by atoms with van der Waals surface area (Å²) in [6, 6.07) is 26.1. The third kappa shape index (κ3) is 10.2. The molecule has 270 valence electrons. The van der Waals surface area contributed by atoms with E-state index in [4.69, 9.17) is 53.4 Å². The smallest absolute Gasteiger partial charge is 0.267 e. The second-order valence-electron chi connectivity index (χ2n) is 11.2. The fourth-order valence-electron chi connectivity index (χ4n) is 4.88. The Balaban J connectivity index is 1.19. The van der Waals surface area contributed by atoms with Gasteiger partial charge in [-0.2, -0.15) is 5.10 Å². The second-order valence-corrected chi connectivity index (χ2v) is 14.4. The Hall–Kier alpha value is -4.72. The van der Waals surface area contributed by atoms with Crippen LogP contribution in [0.5, 0.6) is 17.2 Å². The van der Waals surface area contributed by atoms with Crippen LogP contribution in [0.15, 0.2) is 121 Å². The van der Waals surface area contributed by atoms with E-state index < -0.39 is 0 Å². The van der Waals surface area contributed by atoms with Crippen LogP contribution in [0, 0.1) is 0 Å². The summed E-state index contributed by atoms with van der Waals surface area (Å²) >= 11 is 22.9. The van der Waals surface area contributed by atoms with Gasteiger partial charge in [-0.15, -0.1) is 5.10 Å². The van der Waals surface area contributed by atoms with Gasteiger partial charge >= 0.3 is 0 Å². The molecule has 0 spiro atoms. The largest absolute Gasteiger partial charge is 0.493 e. The highest BCUT2D eigenvalue weighted by Crippen LogP contribution is 2.36. The molecule has 2 amide bonds. The van der Waals surface area contributed by atoms with Gasteiger partial charge in [-0.25, -0.2) is 0 Å². The summed E-state index contributed by atoms with van der Waals surface area (Å²) in [5, 5.41) is 13.4. The molecule has 1 fully saturated rings. The Morgan fingerprint density at radius 2 is 1.74 bits per heavy atom. The molecular weight excluding hydrogens is 827 g/mol. The maximum absolute atomic E-state index is 13.8. The first-order valence-electron chi connectivity index (χ1n) is 15.7. The summed E-state index contributed by atoms with van der Waals surface area (Å²) in [5.74, 6) is 1.29. The number of amidine groups is 1. The summed E-state index contributed by atoms with van der Waals surface area (Å²) in [4.78, 5) is 28.2. The van der Waals surface area contributed by atoms with Crippen molar-refractivity contribution in [2.45, 2.75) is 13.2 Å². The van der Waals surface area contributed by atoms with Gasteiger partial charge in [0, 0.05) is 36.4 Å². The molecule has 5 aromatic rings. The molecule has 0 atom stereocenters. The lowest BCUT2D eigenvalue weighted by atomic mass is 10.2. The maximum atomic E-state index is 13.8. The monoisotopic (exact) mass is 852 g/mol. The molecule has 0 unspecified atom stereocenters. The zero-order valence-corrected chi connectivity index (χ0v) is 32.4. The van der Waals surface area contributed by atoms with Gasteiger partial charge < -0.3 is 23.9 Å². The number of furan rings is 1. The van der Waals surface area contributed by atoms with Crippen molar-refractivity contribution < 1.29 is 28.2 Å². The Morgan fingerprint density at radius 3 is 2.49 bits per heavy atom. The standard InChI is InChI=1S/C38H28BrCl3N4O6S/c1-49-34-15-23(4-12-33(34)51-21-24-5-7-28(41)18-31(24)42)19-43-45-38-46(20-30-3-2-14-50-30)37(48)35(53-38)17-25-16-26(39)6-13-32(25)52-22-36(47)44-29-10-8-27(40)9-11-29/h2-19H,20-22H2,1H3,(H,44,47)/b35-17-,43-19-,45-38+. The Kier molecular flexibility index (Phi) is 12.8. The van der Waals surface area contributed by atoms with Gasteiger partial charge in [-0.1, -0.05) is 56.8 Å². The highest BCUT2D eigenvalue weighted by Gasteiger charge is 2.34. The van der Waals surface area contributed by atoms with Gasteiger partial charge in [-0.3, -0.25) is 14.5 Å². The minimum atomic E-state index is -0.361. The van der Waals surface area contributed by atoms with E-state index in [9.17, 15) is 9.59 Å². The first-order valence-corrected chi connectivity index (χ1v) is 18.5. The molecule has 15 heteroatoms. The fourth-order valence-corrected chi connectivity index (χ4v) is 6.78. The van der Waals surface area contributed by atoms with Gasteiger partial charge in [0.1, 0.15) is 18.1 Å². The minimum absolute atomic E-state index is 0.134. The van der Waals surface area contributed by atoms with Crippen molar-refractivity contribution in [2.75, 3.05) is 19.0 Å². The summed E-state index contributed by atoms with van der Waals surface area (Å²) in [6.45, 7) is 0.0875. The van der Waals surface area contributed by atoms with Crippen LogP contribution in [0.1, 0.15) is 22.5 Å². The lowest BCUT2D eigenvalue weighted by molar-refractivity contribution is -0.122. The molecule has 2 heterocycles. The number of carbonyl (C=O) groups excluding carboxylic acids is 2. The maximum Gasteiger partial charge on any atom is 0.267 e. The molecule has 0 radical (unpaired) electrons. The normalized spacial score (nSPS) is 14.4. The van der Waals surface area contributed by atoms with Crippen molar-refractivity contribution in [3.05, 3.63) is 144 Å². The Morgan fingerprint density at radius 1 is 0.943 bits per heavy atom. The molecule has 4 aromatic carbocycles. The average molecular weight is 855 g/mol. The van der Waals surface area contributed by atoms with Gasteiger partial charge in [0.2, 0.25) is 0 Å². The van der Waals surface area contributed by atoms with Crippen LogP contribution in [-0.4, -0.2) is 41.8 Å². The van der Waals surface area contributed by atoms with E-state index in [1.54, 1.807) is 103 Å². The van der Waals surface area contributed by atoms with Crippen LogP contribution in [0.2, 0.25) is 15.1 Å². The lowest BCUT2D eigenvalue weighted by Gasteiger charge is -2.13. The summed E-state index contributed by atoms with van der Waals surface area (Å²) < 4.78 is 23.7. The molecule has 1 aliphatic heterocycles. The van der Waals surface area contributed by atoms with Crippen LogP contribution in [0.25, 0.3) is 6.08 Å². The lowest BCUT2D eigenvalue weighted by Crippen LogP contribution is -2.28. The number of hydrogen-bond donors (Lipinski definition) is 1. The average Bonchev–Trinajstić information content (AvgIpc) is 3.76. The van der Waals surface area contributed by atoms with Crippen molar-refractivity contribution in [1.82, 2.24) is 4.90 Å². The summed E-state index contributed by atoms with van der Waals surface area (Å²) in [6.07, 6.45) is 4.77. The first kappa shape index (κ1) is 38.0. The quantitative estimate of drug-likeness (QED) is 0.0713. The number of carbonyl (C=O) groups is 2. The summed E-state index contributed by atoms with van der Waals surface area (Å²) in [5.41, 5.74) is 2.62. The van der Waals surface area contributed by atoms with E-state index in [0.29, 0.717) is 65.0 Å². The highest BCUT2D eigenvalue weighted by atomic mass is 79.9. The number of ether oxygens (including phenoxy) is 3.